The van der Waals surface area contributed by atoms with E-state index in [1.54, 1.807) is 6.20 Å². The Labute approximate surface area is 127 Å². The second kappa shape index (κ2) is 5.80. The quantitative estimate of drug-likeness (QED) is 0.719. The molecule has 3 aromatic rings. The fourth-order valence-corrected chi connectivity index (χ4v) is 2.25. The minimum atomic E-state index is 0.358. The predicted molar refractivity (Wildman–Crippen MR) is 87.0 cm³/mol. The van der Waals surface area contributed by atoms with E-state index in [1.807, 2.05) is 42.5 Å². The Morgan fingerprint density at radius 2 is 2.05 bits per heavy atom. The van der Waals surface area contributed by atoms with Gasteiger partial charge in [0, 0.05) is 17.1 Å². The molecule has 6 heteroatoms. The third-order valence-corrected chi connectivity index (χ3v) is 3.28. The lowest BCUT2D eigenvalue weighted by Gasteiger charge is -2.10. The zero-order valence-electron chi connectivity index (χ0n) is 11.2. The van der Waals surface area contributed by atoms with Crippen molar-refractivity contribution in [1.29, 1.82) is 0 Å². The van der Waals surface area contributed by atoms with Gasteiger partial charge in [-0.05, 0) is 24.3 Å². The zero-order chi connectivity index (χ0) is 14.7. The van der Waals surface area contributed by atoms with Crippen LogP contribution < -0.4 is 11.1 Å². The first kappa shape index (κ1) is 13.4. The zero-order valence-corrected chi connectivity index (χ0v) is 12.0. The first-order valence-corrected chi connectivity index (χ1v) is 6.85. The second-order valence-electron chi connectivity index (χ2n) is 4.51. The first-order chi connectivity index (χ1) is 10.2. The Kier molecular flexibility index (Phi) is 3.70. The molecule has 0 aliphatic heterocycles. The van der Waals surface area contributed by atoms with Crippen molar-refractivity contribution >= 4 is 33.9 Å². The Bertz CT molecular complexity index is 788. The number of nitrogens with two attached hydrogens (primary N) is 1. The number of hydrogen-bond donors (Lipinski definition) is 2. The Hall–Kier alpha value is -2.60. The number of para-hydroxylation sites is 1. The van der Waals surface area contributed by atoms with Crippen LogP contribution in [0.15, 0.2) is 48.7 Å². The summed E-state index contributed by atoms with van der Waals surface area (Å²) in [5.41, 5.74) is 8.32. The number of benzene rings is 1. The molecule has 3 rings (SSSR count). The number of hydrogen-bond acceptors (Lipinski definition) is 5. The normalized spacial score (nSPS) is 10.5. The second-order valence-corrected chi connectivity index (χ2v) is 4.94. The van der Waals surface area contributed by atoms with E-state index < -0.39 is 0 Å². The van der Waals surface area contributed by atoms with Crippen LogP contribution in [0, 0.1) is 0 Å². The van der Waals surface area contributed by atoms with Crippen molar-refractivity contribution in [2.75, 3.05) is 5.32 Å². The van der Waals surface area contributed by atoms with Gasteiger partial charge in [0.2, 0.25) is 0 Å². The maximum Gasteiger partial charge on any atom is 0.127 e. The van der Waals surface area contributed by atoms with Crippen LogP contribution in [0.1, 0.15) is 11.3 Å². The molecular formula is C15H13N5S. The number of pyridine rings is 1. The molecule has 0 aliphatic rings. The summed E-state index contributed by atoms with van der Waals surface area (Å²) < 4.78 is 0. The van der Waals surface area contributed by atoms with Gasteiger partial charge in [-0.1, -0.05) is 30.4 Å². The van der Waals surface area contributed by atoms with Gasteiger partial charge in [-0.15, -0.1) is 0 Å². The number of nitrogens with zero attached hydrogens (tertiary/aromatic N) is 3. The van der Waals surface area contributed by atoms with Crippen molar-refractivity contribution in [2.24, 2.45) is 5.73 Å². The fourth-order valence-electron chi connectivity index (χ4n) is 2.08. The summed E-state index contributed by atoms with van der Waals surface area (Å²) >= 11 is 5.13. The van der Waals surface area contributed by atoms with Crippen molar-refractivity contribution in [3.8, 4) is 0 Å². The topological polar surface area (TPSA) is 76.7 Å². The molecular weight excluding hydrogens is 282 g/mol. The van der Waals surface area contributed by atoms with Gasteiger partial charge in [0.1, 0.15) is 10.8 Å². The van der Waals surface area contributed by atoms with Crippen LogP contribution in [-0.4, -0.2) is 20.2 Å². The predicted octanol–water partition coefficient (Wildman–Crippen LogP) is 2.27. The molecule has 2 aromatic heterocycles. The maximum absolute atomic E-state index is 5.81. The minimum absolute atomic E-state index is 0.358. The van der Waals surface area contributed by atoms with Gasteiger partial charge in [0.25, 0.3) is 0 Å². The van der Waals surface area contributed by atoms with Gasteiger partial charge < -0.3 is 11.1 Å². The lowest BCUT2D eigenvalue weighted by atomic mass is 10.1. The summed E-state index contributed by atoms with van der Waals surface area (Å²) in [6, 6.07) is 13.4. The lowest BCUT2D eigenvalue weighted by molar-refractivity contribution is 0.921. The standard InChI is InChI=1S/C15H13N5S/c16-15(21)12-8-14(17-9-10-4-3-7-18-20-10)19-13-6-2-1-5-11(12)13/h1-8H,9H2,(H2,16,21)(H,17,19). The maximum atomic E-state index is 5.81. The summed E-state index contributed by atoms with van der Waals surface area (Å²) in [5.74, 6) is 0.710. The summed E-state index contributed by atoms with van der Waals surface area (Å²) in [6.07, 6.45) is 1.64. The molecule has 3 N–H and O–H groups in total. The Morgan fingerprint density at radius 1 is 1.19 bits per heavy atom. The van der Waals surface area contributed by atoms with Gasteiger partial charge in [-0.25, -0.2) is 4.98 Å². The van der Waals surface area contributed by atoms with E-state index in [2.05, 4.69) is 20.5 Å². The van der Waals surface area contributed by atoms with Gasteiger partial charge in [-0.2, -0.15) is 10.2 Å². The number of nitrogens with one attached hydrogen (secondary N) is 1. The van der Waals surface area contributed by atoms with Gasteiger partial charge in [0.05, 0.1) is 17.8 Å². The average molecular weight is 295 g/mol. The number of rotatable bonds is 4. The minimum Gasteiger partial charge on any atom is -0.389 e. The molecule has 0 amide bonds. The SMILES string of the molecule is NC(=S)c1cc(NCc2cccnn2)nc2ccccc12. The third kappa shape index (κ3) is 2.95. The van der Waals surface area contributed by atoms with Crippen LogP contribution in [0.2, 0.25) is 0 Å². The molecule has 0 spiro atoms. The molecule has 0 radical (unpaired) electrons. The number of thiocarbonyl (C=S) groups is 1. The summed E-state index contributed by atoms with van der Waals surface area (Å²) in [4.78, 5) is 4.92. The third-order valence-electron chi connectivity index (χ3n) is 3.06. The molecule has 0 fully saturated rings. The van der Waals surface area contributed by atoms with Crippen molar-refractivity contribution in [1.82, 2.24) is 15.2 Å². The molecule has 0 atom stereocenters. The monoisotopic (exact) mass is 295 g/mol. The molecule has 104 valence electrons. The Morgan fingerprint density at radius 3 is 2.81 bits per heavy atom. The summed E-state index contributed by atoms with van der Waals surface area (Å²) in [7, 11) is 0. The molecule has 0 saturated heterocycles. The molecule has 1 aromatic carbocycles. The van der Waals surface area contributed by atoms with Gasteiger partial charge >= 0.3 is 0 Å². The number of anilines is 1. The van der Waals surface area contributed by atoms with Crippen molar-refractivity contribution in [3.05, 3.63) is 59.9 Å². The van der Waals surface area contributed by atoms with Crippen LogP contribution in [-0.2, 0) is 6.54 Å². The highest BCUT2D eigenvalue weighted by molar-refractivity contribution is 7.80. The van der Waals surface area contributed by atoms with Crippen LogP contribution in [0.4, 0.5) is 5.82 Å². The molecule has 0 unspecified atom stereocenters. The van der Waals surface area contributed by atoms with Crippen LogP contribution in [0.3, 0.4) is 0 Å². The number of fused-ring (bicyclic) bond motifs is 1. The molecule has 5 nitrogen and oxygen atoms in total. The van der Waals surface area contributed by atoms with E-state index in [9.17, 15) is 0 Å². The highest BCUT2D eigenvalue weighted by Crippen LogP contribution is 2.21. The molecule has 0 bridgehead atoms. The molecule has 2 heterocycles. The summed E-state index contributed by atoms with van der Waals surface area (Å²) in [6.45, 7) is 0.538. The highest BCUT2D eigenvalue weighted by atomic mass is 32.1. The van der Waals surface area contributed by atoms with Gasteiger partial charge in [0.15, 0.2) is 0 Å². The number of aromatic nitrogens is 3. The van der Waals surface area contributed by atoms with Crippen molar-refractivity contribution in [2.45, 2.75) is 6.54 Å². The molecule has 0 aliphatic carbocycles. The first-order valence-electron chi connectivity index (χ1n) is 6.44. The van der Waals surface area contributed by atoms with Crippen molar-refractivity contribution < 1.29 is 0 Å². The van der Waals surface area contributed by atoms with E-state index >= 15 is 0 Å². The van der Waals surface area contributed by atoms with Crippen molar-refractivity contribution in [3.63, 3.8) is 0 Å². The van der Waals surface area contributed by atoms with E-state index in [-0.39, 0.29) is 0 Å². The largest absolute Gasteiger partial charge is 0.389 e. The van der Waals surface area contributed by atoms with E-state index in [1.165, 1.54) is 0 Å². The van der Waals surface area contributed by atoms with Crippen LogP contribution in [0.25, 0.3) is 10.9 Å². The average Bonchev–Trinajstić information content (AvgIpc) is 2.53. The fraction of sp³-hybridized carbons (Fsp3) is 0.0667. The van der Waals surface area contributed by atoms with E-state index in [0.29, 0.717) is 17.4 Å². The Balaban J connectivity index is 1.94. The van der Waals surface area contributed by atoms with E-state index in [0.717, 1.165) is 22.2 Å². The van der Waals surface area contributed by atoms with Crippen LogP contribution in [0.5, 0.6) is 0 Å². The summed E-state index contributed by atoms with van der Waals surface area (Å²) in [5, 5.41) is 12.0. The highest BCUT2D eigenvalue weighted by Gasteiger charge is 2.07. The lowest BCUT2D eigenvalue weighted by Crippen LogP contribution is -2.12. The smallest absolute Gasteiger partial charge is 0.127 e. The van der Waals surface area contributed by atoms with E-state index in [4.69, 9.17) is 18.0 Å². The molecule has 0 saturated carbocycles. The van der Waals surface area contributed by atoms with Crippen LogP contribution >= 0.6 is 12.2 Å². The molecule has 21 heavy (non-hydrogen) atoms. The van der Waals surface area contributed by atoms with Gasteiger partial charge in [-0.3, -0.25) is 0 Å².